The summed E-state index contributed by atoms with van der Waals surface area (Å²) in [5.74, 6) is 0.968. The lowest BCUT2D eigenvalue weighted by Gasteiger charge is -2.29. The Morgan fingerprint density at radius 2 is 2.06 bits per heavy atom. The first-order chi connectivity index (χ1) is 8.31. The van der Waals surface area contributed by atoms with Crippen LogP contribution >= 0.6 is 11.3 Å². The normalized spacial score (nSPS) is 25.1. The number of rotatable bonds is 5. The number of thiophene rings is 1. The highest BCUT2D eigenvalue weighted by molar-refractivity contribution is 7.11. The first-order valence-corrected chi connectivity index (χ1v) is 7.94. The molecular weight excluding hydrogens is 226 g/mol. The van der Waals surface area contributed by atoms with Crippen molar-refractivity contribution in [2.24, 2.45) is 5.92 Å². The van der Waals surface area contributed by atoms with E-state index in [1.807, 2.05) is 11.3 Å². The van der Waals surface area contributed by atoms with Gasteiger partial charge in [0.1, 0.15) is 0 Å². The maximum atomic E-state index is 3.75. The van der Waals surface area contributed by atoms with Gasteiger partial charge in [0.15, 0.2) is 0 Å². The van der Waals surface area contributed by atoms with E-state index >= 15 is 0 Å². The molecule has 1 N–H and O–H groups in total. The molecule has 2 heteroatoms. The molecule has 0 aromatic carbocycles. The third kappa shape index (κ3) is 3.82. The highest BCUT2D eigenvalue weighted by atomic mass is 32.1. The van der Waals surface area contributed by atoms with Crippen molar-refractivity contribution in [3.8, 4) is 0 Å². The van der Waals surface area contributed by atoms with Crippen LogP contribution in [0, 0.1) is 5.92 Å². The Balaban J connectivity index is 1.77. The van der Waals surface area contributed by atoms with Crippen LogP contribution in [0.25, 0.3) is 0 Å². The van der Waals surface area contributed by atoms with E-state index in [0.29, 0.717) is 0 Å². The maximum absolute atomic E-state index is 3.75. The summed E-state index contributed by atoms with van der Waals surface area (Å²) in [7, 11) is 0. The van der Waals surface area contributed by atoms with Gasteiger partial charge in [0, 0.05) is 22.3 Å². The standard InChI is InChI=1S/C15H25NS/c1-3-12-6-5-7-13(10-12)16-11-15-9-8-14(4-2)17-15/h8-9,12-13,16H,3-7,10-11H2,1-2H3. The van der Waals surface area contributed by atoms with Gasteiger partial charge in [-0.25, -0.2) is 0 Å². The van der Waals surface area contributed by atoms with Gasteiger partial charge in [-0.15, -0.1) is 11.3 Å². The van der Waals surface area contributed by atoms with Crippen LogP contribution in [0.5, 0.6) is 0 Å². The Labute approximate surface area is 110 Å². The van der Waals surface area contributed by atoms with E-state index in [2.05, 4.69) is 31.3 Å². The van der Waals surface area contributed by atoms with Crippen molar-refractivity contribution in [3.05, 3.63) is 21.9 Å². The molecule has 1 fully saturated rings. The average molecular weight is 251 g/mol. The van der Waals surface area contributed by atoms with E-state index in [9.17, 15) is 0 Å². The molecule has 1 aliphatic carbocycles. The molecule has 1 nitrogen and oxygen atoms in total. The molecule has 0 bridgehead atoms. The highest BCUT2D eigenvalue weighted by Crippen LogP contribution is 2.27. The predicted octanol–water partition coefficient (Wildman–Crippen LogP) is 4.37. The molecule has 0 radical (unpaired) electrons. The van der Waals surface area contributed by atoms with E-state index in [4.69, 9.17) is 0 Å². The summed E-state index contributed by atoms with van der Waals surface area (Å²) in [6.07, 6.45) is 8.17. The predicted molar refractivity (Wildman–Crippen MR) is 76.6 cm³/mol. The molecule has 2 rings (SSSR count). The van der Waals surface area contributed by atoms with Crippen molar-refractivity contribution in [2.45, 2.75) is 65.0 Å². The van der Waals surface area contributed by atoms with Crippen molar-refractivity contribution < 1.29 is 0 Å². The number of hydrogen-bond donors (Lipinski definition) is 1. The molecule has 1 aliphatic rings. The van der Waals surface area contributed by atoms with Crippen LogP contribution in [0.3, 0.4) is 0 Å². The summed E-state index contributed by atoms with van der Waals surface area (Å²) in [4.78, 5) is 3.01. The Kier molecular flexibility index (Phi) is 5.05. The molecule has 17 heavy (non-hydrogen) atoms. The largest absolute Gasteiger partial charge is 0.309 e. The van der Waals surface area contributed by atoms with Gasteiger partial charge in [-0.2, -0.15) is 0 Å². The maximum Gasteiger partial charge on any atom is 0.0302 e. The van der Waals surface area contributed by atoms with E-state index in [1.165, 1.54) is 48.3 Å². The molecule has 1 heterocycles. The molecular formula is C15H25NS. The van der Waals surface area contributed by atoms with Crippen LogP contribution in [0.15, 0.2) is 12.1 Å². The first kappa shape index (κ1) is 13.1. The SMILES string of the molecule is CCc1ccc(CNC2CCCC(CC)C2)s1. The topological polar surface area (TPSA) is 12.0 Å². The Bertz CT molecular complexity index is 331. The van der Waals surface area contributed by atoms with Crippen LogP contribution in [0.4, 0.5) is 0 Å². The molecule has 0 saturated heterocycles. The van der Waals surface area contributed by atoms with Gasteiger partial charge < -0.3 is 5.32 Å². The van der Waals surface area contributed by atoms with Crippen molar-refractivity contribution >= 4 is 11.3 Å². The molecule has 1 saturated carbocycles. The fourth-order valence-corrected chi connectivity index (χ4v) is 3.71. The lowest BCUT2D eigenvalue weighted by Crippen LogP contribution is -2.33. The molecule has 1 aromatic rings. The van der Waals surface area contributed by atoms with Gasteiger partial charge in [-0.3, -0.25) is 0 Å². The van der Waals surface area contributed by atoms with Crippen molar-refractivity contribution in [3.63, 3.8) is 0 Å². The first-order valence-electron chi connectivity index (χ1n) is 7.12. The van der Waals surface area contributed by atoms with Crippen molar-refractivity contribution in [1.82, 2.24) is 5.32 Å². The second-order valence-corrected chi connectivity index (χ2v) is 6.49. The lowest BCUT2D eigenvalue weighted by molar-refractivity contribution is 0.279. The van der Waals surface area contributed by atoms with Crippen LogP contribution in [0.1, 0.15) is 55.7 Å². The summed E-state index contributed by atoms with van der Waals surface area (Å²) in [6.45, 7) is 5.64. The Morgan fingerprint density at radius 3 is 2.76 bits per heavy atom. The number of hydrogen-bond acceptors (Lipinski definition) is 2. The smallest absolute Gasteiger partial charge is 0.0302 e. The van der Waals surface area contributed by atoms with Crippen LogP contribution in [0.2, 0.25) is 0 Å². The fourth-order valence-electron chi connectivity index (χ4n) is 2.80. The zero-order chi connectivity index (χ0) is 12.1. The summed E-state index contributed by atoms with van der Waals surface area (Å²) in [5, 5.41) is 3.75. The quantitative estimate of drug-likeness (QED) is 0.819. The van der Waals surface area contributed by atoms with E-state index in [-0.39, 0.29) is 0 Å². The Morgan fingerprint density at radius 1 is 1.24 bits per heavy atom. The van der Waals surface area contributed by atoms with E-state index in [0.717, 1.165) is 18.5 Å². The second kappa shape index (κ2) is 6.55. The average Bonchev–Trinajstić information content (AvgIpc) is 2.84. The molecule has 2 unspecified atom stereocenters. The molecule has 0 amide bonds. The molecule has 0 aliphatic heterocycles. The molecule has 96 valence electrons. The minimum absolute atomic E-state index is 0.765. The summed E-state index contributed by atoms with van der Waals surface area (Å²) in [6, 6.07) is 5.33. The van der Waals surface area contributed by atoms with Crippen molar-refractivity contribution in [2.75, 3.05) is 0 Å². The van der Waals surface area contributed by atoms with Gasteiger partial charge in [-0.1, -0.05) is 33.1 Å². The third-order valence-corrected chi connectivity index (χ3v) is 5.22. The minimum Gasteiger partial charge on any atom is -0.309 e. The summed E-state index contributed by atoms with van der Waals surface area (Å²) >= 11 is 1.97. The number of nitrogens with one attached hydrogen (secondary N) is 1. The summed E-state index contributed by atoms with van der Waals surface area (Å²) in [5.41, 5.74) is 0. The van der Waals surface area contributed by atoms with E-state index in [1.54, 1.807) is 0 Å². The zero-order valence-electron chi connectivity index (χ0n) is 11.2. The monoisotopic (exact) mass is 251 g/mol. The Hall–Kier alpha value is -0.340. The fraction of sp³-hybridized carbons (Fsp3) is 0.733. The molecule has 1 aromatic heterocycles. The zero-order valence-corrected chi connectivity index (χ0v) is 12.0. The van der Waals surface area contributed by atoms with Gasteiger partial charge in [-0.05, 0) is 37.3 Å². The number of aryl methyl sites for hydroxylation is 1. The third-order valence-electron chi connectivity index (χ3n) is 3.99. The molecule has 2 atom stereocenters. The van der Waals surface area contributed by atoms with Gasteiger partial charge in [0.05, 0.1) is 0 Å². The minimum atomic E-state index is 0.765. The van der Waals surface area contributed by atoms with E-state index < -0.39 is 0 Å². The van der Waals surface area contributed by atoms with Gasteiger partial charge in [0.2, 0.25) is 0 Å². The summed E-state index contributed by atoms with van der Waals surface area (Å²) < 4.78 is 0. The highest BCUT2D eigenvalue weighted by Gasteiger charge is 2.20. The van der Waals surface area contributed by atoms with Crippen LogP contribution in [-0.2, 0) is 13.0 Å². The second-order valence-electron chi connectivity index (χ2n) is 5.24. The molecule has 0 spiro atoms. The van der Waals surface area contributed by atoms with Gasteiger partial charge >= 0.3 is 0 Å². The van der Waals surface area contributed by atoms with Crippen LogP contribution < -0.4 is 5.32 Å². The van der Waals surface area contributed by atoms with Crippen molar-refractivity contribution in [1.29, 1.82) is 0 Å². The lowest BCUT2D eigenvalue weighted by atomic mass is 9.84. The van der Waals surface area contributed by atoms with Crippen LogP contribution in [-0.4, -0.2) is 6.04 Å². The van der Waals surface area contributed by atoms with Gasteiger partial charge in [0.25, 0.3) is 0 Å².